The number of benzene rings is 1. The van der Waals surface area contributed by atoms with Gasteiger partial charge in [-0.25, -0.2) is 9.98 Å². The van der Waals surface area contributed by atoms with Crippen LogP contribution in [0.15, 0.2) is 47.7 Å². The molecule has 1 aliphatic rings. The maximum Gasteiger partial charge on any atom is 0.191 e. The summed E-state index contributed by atoms with van der Waals surface area (Å²) < 4.78 is 13.4. The SMILES string of the molecule is CCNC(=NCc1nccn1Cc1ccccc1)NC(C)COC1CCOC1. The first-order valence-corrected chi connectivity index (χ1v) is 10.0. The second-order valence-corrected chi connectivity index (χ2v) is 7.02. The predicted octanol–water partition coefficient (Wildman–Crippen LogP) is 2.18. The number of hydrogen-bond donors (Lipinski definition) is 2. The molecule has 2 atom stereocenters. The molecule has 0 bridgehead atoms. The second kappa shape index (κ2) is 10.8. The molecular weight excluding hydrogens is 354 g/mol. The van der Waals surface area contributed by atoms with Crippen molar-refractivity contribution in [2.45, 2.75) is 45.5 Å². The average Bonchev–Trinajstić information content (AvgIpc) is 3.37. The molecule has 2 unspecified atom stereocenters. The van der Waals surface area contributed by atoms with E-state index in [4.69, 9.17) is 14.5 Å². The van der Waals surface area contributed by atoms with Crippen molar-refractivity contribution < 1.29 is 9.47 Å². The third-order valence-electron chi connectivity index (χ3n) is 4.57. The van der Waals surface area contributed by atoms with E-state index < -0.39 is 0 Å². The molecular formula is C21H31N5O2. The van der Waals surface area contributed by atoms with E-state index in [9.17, 15) is 0 Å². The number of nitrogens with zero attached hydrogens (tertiary/aromatic N) is 3. The Balaban J connectivity index is 1.54. The van der Waals surface area contributed by atoms with Gasteiger partial charge in [-0.05, 0) is 25.8 Å². The van der Waals surface area contributed by atoms with Crippen LogP contribution < -0.4 is 10.6 Å². The summed E-state index contributed by atoms with van der Waals surface area (Å²) in [5.41, 5.74) is 1.25. The lowest BCUT2D eigenvalue weighted by atomic mass is 10.2. The summed E-state index contributed by atoms with van der Waals surface area (Å²) in [4.78, 5) is 9.18. The molecule has 0 amide bonds. The van der Waals surface area contributed by atoms with Crippen LogP contribution in [0.1, 0.15) is 31.7 Å². The summed E-state index contributed by atoms with van der Waals surface area (Å²) in [6.07, 6.45) is 5.02. The van der Waals surface area contributed by atoms with E-state index in [1.54, 1.807) is 0 Å². The van der Waals surface area contributed by atoms with Crippen molar-refractivity contribution in [3.05, 3.63) is 54.1 Å². The van der Waals surface area contributed by atoms with Gasteiger partial charge in [-0.15, -0.1) is 0 Å². The molecule has 0 aliphatic carbocycles. The van der Waals surface area contributed by atoms with Crippen molar-refractivity contribution in [1.82, 2.24) is 20.2 Å². The van der Waals surface area contributed by atoms with Gasteiger partial charge < -0.3 is 24.7 Å². The number of imidazole rings is 1. The van der Waals surface area contributed by atoms with Crippen molar-refractivity contribution >= 4 is 5.96 Å². The third-order valence-corrected chi connectivity index (χ3v) is 4.57. The van der Waals surface area contributed by atoms with E-state index in [-0.39, 0.29) is 12.1 Å². The first-order valence-electron chi connectivity index (χ1n) is 10.0. The number of ether oxygens (including phenoxy) is 2. The largest absolute Gasteiger partial charge is 0.379 e. The van der Waals surface area contributed by atoms with Gasteiger partial charge in [0.25, 0.3) is 0 Å². The summed E-state index contributed by atoms with van der Waals surface area (Å²) in [6, 6.07) is 10.5. The van der Waals surface area contributed by atoms with Crippen LogP contribution in [-0.2, 0) is 22.6 Å². The summed E-state index contributed by atoms with van der Waals surface area (Å²) in [6.45, 7) is 8.39. The zero-order valence-electron chi connectivity index (χ0n) is 16.8. The van der Waals surface area contributed by atoms with Gasteiger partial charge in [0.1, 0.15) is 12.4 Å². The predicted molar refractivity (Wildman–Crippen MR) is 110 cm³/mol. The van der Waals surface area contributed by atoms with E-state index in [2.05, 4.69) is 58.3 Å². The van der Waals surface area contributed by atoms with Gasteiger partial charge >= 0.3 is 0 Å². The minimum Gasteiger partial charge on any atom is -0.379 e. The fourth-order valence-corrected chi connectivity index (χ4v) is 3.09. The Morgan fingerprint density at radius 3 is 3.00 bits per heavy atom. The van der Waals surface area contributed by atoms with Crippen LogP contribution in [0.2, 0.25) is 0 Å². The van der Waals surface area contributed by atoms with Crippen LogP contribution in [0.4, 0.5) is 0 Å². The van der Waals surface area contributed by atoms with Gasteiger partial charge in [-0.3, -0.25) is 0 Å². The lowest BCUT2D eigenvalue weighted by molar-refractivity contribution is 0.0347. The van der Waals surface area contributed by atoms with Gasteiger partial charge in [0.2, 0.25) is 0 Å². The fraction of sp³-hybridized carbons (Fsp3) is 0.524. The van der Waals surface area contributed by atoms with Gasteiger partial charge in [0.15, 0.2) is 5.96 Å². The molecule has 2 N–H and O–H groups in total. The highest BCUT2D eigenvalue weighted by molar-refractivity contribution is 5.80. The van der Waals surface area contributed by atoms with Crippen molar-refractivity contribution in [3.63, 3.8) is 0 Å². The van der Waals surface area contributed by atoms with Gasteiger partial charge in [-0.1, -0.05) is 30.3 Å². The minimum atomic E-state index is 0.155. The van der Waals surface area contributed by atoms with Crippen molar-refractivity contribution in [3.8, 4) is 0 Å². The summed E-state index contributed by atoms with van der Waals surface area (Å²) in [5.74, 6) is 1.71. The molecule has 0 spiro atoms. The Bertz CT molecular complexity index is 725. The zero-order chi connectivity index (χ0) is 19.6. The maximum atomic E-state index is 5.89. The number of guanidine groups is 1. The van der Waals surface area contributed by atoms with E-state index >= 15 is 0 Å². The third kappa shape index (κ3) is 6.35. The molecule has 28 heavy (non-hydrogen) atoms. The van der Waals surface area contributed by atoms with Crippen LogP contribution in [-0.4, -0.2) is 54.0 Å². The molecule has 152 valence electrons. The van der Waals surface area contributed by atoms with Crippen molar-refractivity contribution in [2.75, 3.05) is 26.4 Å². The molecule has 7 heteroatoms. The highest BCUT2D eigenvalue weighted by Crippen LogP contribution is 2.09. The quantitative estimate of drug-likeness (QED) is 0.511. The molecule has 0 radical (unpaired) electrons. The van der Waals surface area contributed by atoms with Crippen molar-refractivity contribution in [1.29, 1.82) is 0 Å². The molecule has 7 nitrogen and oxygen atoms in total. The molecule has 1 saturated heterocycles. The summed E-state index contributed by atoms with van der Waals surface area (Å²) in [7, 11) is 0. The van der Waals surface area contributed by atoms with Crippen LogP contribution in [0.25, 0.3) is 0 Å². The van der Waals surface area contributed by atoms with Crippen molar-refractivity contribution in [2.24, 2.45) is 4.99 Å². The Kier molecular flexibility index (Phi) is 7.87. The van der Waals surface area contributed by atoms with Gasteiger partial charge in [-0.2, -0.15) is 0 Å². The number of aliphatic imine (C=N–C) groups is 1. The molecule has 0 saturated carbocycles. The van der Waals surface area contributed by atoms with E-state index in [1.165, 1.54) is 5.56 Å². The van der Waals surface area contributed by atoms with E-state index in [0.717, 1.165) is 37.9 Å². The lowest BCUT2D eigenvalue weighted by Gasteiger charge is -2.19. The Morgan fingerprint density at radius 1 is 1.39 bits per heavy atom. The second-order valence-electron chi connectivity index (χ2n) is 7.02. The Hall–Kier alpha value is -2.38. The van der Waals surface area contributed by atoms with Crippen LogP contribution in [0, 0.1) is 0 Å². The normalized spacial score (nSPS) is 18.2. The first kappa shape index (κ1) is 20.4. The molecule has 3 rings (SSSR count). The average molecular weight is 386 g/mol. The Labute approximate surface area is 167 Å². The van der Waals surface area contributed by atoms with Gasteiger partial charge in [0.05, 0.1) is 19.3 Å². The molecule has 1 aromatic carbocycles. The molecule has 2 heterocycles. The molecule has 1 aliphatic heterocycles. The number of nitrogens with one attached hydrogen (secondary N) is 2. The number of hydrogen-bond acceptors (Lipinski definition) is 4. The van der Waals surface area contributed by atoms with E-state index in [1.807, 2.05) is 18.5 Å². The number of aromatic nitrogens is 2. The zero-order valence-corrected chi connectivity index (χ0v) is 16.8. The maximum absolute atomic E-state index is 5.89. The molecule has 1 fully saturated rings. The smallest absolute Gasteiger partial charge is 0.191 e. The monoisotopic (exact) mass is 385 g/mol. The summed E-state index contributed by atoms with van der Waals surface area (Å²) in [5, 5.41) is 6.70. The molecule has 1 aromatic heterocycles. The topological polar surface area (TPSA) is 72.7 Å². The van der Waals surface area contributed by atoms with Crippen LogP contribution in [0.5, 0.6) is 0 Å². The minimum absolute atomic E-state index is 0.155. The molecule has 2 aromatic rings. The highest BCUT2D eigenvalue weighted by atomic mass is 16.5. The van der Waals surface area contributed by atoms with Crippen LogP contribution >= 0.6 is 0 Å². The van der Waals surface area contributed by atoms with E-state index in [0.29, 0.717) is 19.8 Å². The summed E-state index contributed by atoms with van der Waals surface area (Å²) >= 11 is 0. The first-order chi connectivity index (χ1) is 13.7. The fourth-order valence-electron chi connectivity index (χ4n) is 3.09. The standard InChI is InChI=1S/C21H31N5O2/c1-3-22-21(25-17(2)15-28-19-9-12-27-16-19)24-13-20-23-10-11-26(20)14-18-7-5-4-6-8-18/h4-8,10-11,17,19H,3,9,12-16H2,1-2H3,(H2,22,24,25). The lowest BCUT2D eigenvalue weighted by Crippen LogP contribution is -2.44. The number of rotatable bonds is 9. The highest BCUT2D eigenvalue weighted by Gasteiger charge is 2.17. The van der Waals surface area contributed by atoms with Crippen LogP contribution in [0.3, 0.4) is 0 Å². The Morgan fingerprint density at radius 2 is 2.25 bits per heavy atom. The van der Waals surface area contributed by atoms with Gasteiger partial charge in [0, 0.05) is 38.1 Å².